The molecule has 140 valence electrons. The van der Waals surface area contributed by atoms with Crippen molar-refractivity contribution in [1.82, 2.24) is 4.90 Å². The van der Waals surface area contributed by atoms with Crippen LogP contribution in [0.4, 0.5) is 0 Å². The second kappa shape index (κ2) is 7.06. The molecule has 0 fully saturated rings. The van der Waals surface area contributed by atoms with E-state index in [9.17, 15) is 0 Å². The molecule has 1 unspecified atom stereocenters. The summed E-state index contributed by atoms with van der Waals surface area (Å²) in [5.41, 5.74) is 2.60. The molecule has 0 amide bonds. The largest absolute Gasteiger partial charge is 0.496 e. The summed E-state index contributed by atoms with van der Waals surface area (Å²) in [5, 5.41) is 0. The standard InChI is InChI=1S/C22H25N3O2/c1-4-12-27-19-7-5-6-17(14-19)22(21-23-10-11-25(21)15-24-22)18-8-9-20(26-3)16(2)13-18/h5-9,13-15H,4,10-12H2,1-3H3. The van der Waals surface area contributed by atoms with Gasteiger partial charge in [-0.2, -0.15) is 0 Å². The first kappa shape index (κ1) is 17.6. The van der Waals surface area contributed by atoms with Gasteiger partial charge < -0.3 is 14.4 Å². The number of nitrogens with zero attached hydrogens (tertiary/aromatic N) is 3. The van der Waals surface area contributed by atoms with Crippen LogP contribution in [0, 0.1) is 6.92 Å². The number of ether oxygens (including phenoxy) is 2. The first-order chi connectivity index (χ1) is 13.2. The van der Waals surface area contributed by atoms with Crippen LogP contribution in [-0.2, 0) is 5.54 Å². The maximum absolute atomic E-state index is 5.88. The first-order valence-electron chi connectivity index (χ1n) is 9.44. The molecule has 2 aliphatic rings. The van der Waals surface area contributed by atoms with Crippen molar-refractivity contribution in [2.24, 2.45) is 9.98 Å². The van der Waals surface area contributed by atoms with Gasteiger partial charge in [-0.1, -0.05) is 25.1 Å². The van der Waals surface area contributed by atoms with E-state index in [4.69, 9.17) is 19.5 Å². The van der Waals surface area contributed by atoms with Gasteiger partial charge in [0, 0.05) is 6.54 Å². The number of benzene rings is 2. The second-order valence-electron chi connectivity index (χ2n) is 6.91. The van der Waals surface area contributed by atoms with E-state index in [-0.39, 0.29) is 0 Å². The van der Waals surface area contributed by atoms with Crippen molar-refractivity contribution in [3.05, 3.63) is 59.2 Å². The smallest absolute Gasteiger partial charge is 0.170 e. The van der Waals surface area contributed by atoms with E-state index in [1.807, 2.05) is 24.5 Å². The lowest BCUT2D eigenvalue weighted by Gasteiger charge is -2.29. The second-order valence-corrected chi connectivity index (χ2v) is 6.91. The van der Waals surface area contributed by atoms with Gasteiger partial charge in [0.05, 0.1) is 26.6 Å². The molecular weight excluding hydrogens is 338 g/mol. The van der Waals surface area contributed by atoms with Gasteiger partial charge in [0.15, 0.2) is 5.54 Å². The average molecular weight is 363 g/mol. The minimum atomic E-state index is -0.640. The lowest BCUT2D eigenvalue weighted by atomic mass is 9.81. The quantitative estimate of drug-likeness (QED) is 0.784. The van der Waals surface area contributed by atoms with E-state index in [2.05, 4.69) is 43.0 Å². The van der Waals surface area contributed by atoms with Crippen LogP contribution in [-0.4, -0.2) is 43.9 Å². The van der Waals surface area contributed by atoms with Crippen LogP contribution in [0.15, 0.2) is 52.4 Å². The molecule has 0 saturated carbocycles. The van der Waals surface area contributed by atoms with Crippen molar-refractivity contribution >= 4 is 12.2 Å². The Morgan fingerprint density at radius 1 is 1.15 bits per heavy atom. The summed E-state index contributed by atoms with van der Waals surface area (Å²) in [7, 11) is 1.70. The molecule has 4 rings (SSSR count). The Morgan fingerprint density at radius 3 is 2.78 bits per heavy atom. The van der Waals surface area contributed by atoms with Crippen molar-refractivity contribution in [3.8, 4) is 11.5 Å². The third kappa shape index (κ3) is 2.87. The number of aliphatic imine (C=N–C) groups is 2. The fraction of sp³-hybridized carbons (Fsp3) is 0.364. The highest BCUT2D eigenvalue weighted by molar-refractivity contribution is 6.07. The van der Waals surface area contributed by atoms with Crippen LogP contribution in [0.3, 0.4) is 0 Å². The molecule has 0 bridgehead atoms. The van der Waals surface area contributed by atoms with Crippen LogP contribution in [0.2, 0.25) is 0 Å². The lowest BCUT2D eigenvalue weighted by Crippen LogP contribution is -2.38. The van der Waals surface area contributed by atoms with Crippen molar-refractivity contribution in [2.75, 3.05) is 26.8 Å². The zero-order valence-corrected chi connectivity index (χ0v) is 16.1. The summed E-state index contributed by atoms with van der Waals surface area (Å²) in [5.74, 6) is 2.73. The van der Waals surface area contributed by atoms with Gasteiger partial charge in [0.2, 0.25) is 0 Å². The third-order valence-electron chi connectivity index (χ3n) is 5.13. The summed E-state index contributed by atoms with van der Waals surface area (Å²) >= 11 is 0. The van der Waals surface area contributed by atoms with Crippen molar-refractivity contribution in [2.45, 2.75) is 25.8 Å². The third-order valence-corrected chi connectivity index (χ3v) is 5.13. The van der Waals surface area contributed by atoms with Crippen molar-refractivity contribution in [3.63, 3.8) is 0 Å². The summed E-state index contributed by atoms with van der Waals surface area (Å²) in [6.45, 7) is 6.54. The molecule has 5 nitrogen and oxygen atoms in total. The van der Waals surface area contributed by atoms with Gasteiger partial charge in [0.25, 0.3) is 0 Å². The van der Waals surface area contributed by atoms with Crippen LogP contribution in [0.25, 0.3) is 0 Å². The monoisotopic (exact) mass is 363 g/mol. The predicted octanol–water partition coefficient (Wildman–Crippen LogP) is 3.79. The van der Waals surface area contributed by atoms with Gasteiger partial charge in [-0.3, -0.25) is 9.98 Å². The number of rotatable bonds is 6. The topological polar surface area (TPSA) is 46.4 Å². The van der Waals surface area contributed by atoms with Crippen LogP contribution >= 0.6 is 0 Å². The Bertz CT molecular complexity index is 906. The maximum Gasteiger partial charge on any atom is 0.170 e. The molecule has 0 radical (unpaired) electrons. The van der Waals surface area contributed by atoms with Crippen LogP contribution in [0.5, 0.6) is 11.5 Å². The Kier molecular flexibility index (Phi) is 4.60. The minimum Gasteiger partial charge on any atom is -0.496 e. The summed E-state index contributed by atoms with van der Waals surface area (Å²) in [6.07, 6.45) is 2.90. The highest BCUT2D eigenvalue weighted by Crippen LogP contribution is 2.42. The molecule has 0 N–H and O–H groups in total. The van der Waals surface area contributed by atoms with Gasteiger partial charge in [0.1, 0.15) is 17.3 Å². The van der Waals surface area contributed by atoms with E-state index in [1.165, 1.54) is 0 Å². The number of hydrogen-bond acceptors (Lipinski definition) is 5. The normalized spacial score (nSPS) is 20.6. The molecule has 0 aromatic heterocycles. The molecule has 0 spiro atoms. The lowest BCUT2D eigenvalue weighted by molar-refractivity contribution is 0.317. The number of methoxy groups -OCH3 is 1. The van der Waals surface area contributed by atoms with Gasteiger partial charge in [-0.25, -0.2) is 0 Å². The summed E-state index contributed by atoms with van der Waals surface area (Å²) in [6, 6.07) is 14.5. The molecule has 0 aliphatic carbocycles. The van der Waals surface area contributed by atoms with Crippen LogP contribution < -0.4 is 9.47 Å². The molecule has 2 heterocycles. The zero-order chi connectivity index (χ0) is 18.9. The Hall–Kier alpha value is -2.82. The maximum atomic E-state index is 5.88. The molecule has 27 heavy (non-hydrogen) atoms. The number of amidine groups is 1. The summed E-state index contributed by atoms with van der Waals surface area (Å²) in [4.78, 5) is 11.9. The van der Waals surface area contributed by atoms with Crippen molar-refractivity contribution in [1.29, 1.82) is 0 Å². The minimum absolute atomic E-state index is 0.640. The van der Waals surface area contributed by atoms with E-state index in [0.29, 0.717) is 6.61 Å². The Labute approximate surface area is 160 Å². The van der Waals surface area contributed by atoms with Gasteiger partial charge in [-0.15, -0.1) is 0 Å². The van der Waals surface area contributed by atoms with E-state index in [1.54, 1.807) is 7.11 Å². The predicted molar refractivity (Wildman–Crippen MR) is 108 cm³/mol. The zero-order valence-electron chi connectivity index (χ0n) is 16.1. The number of aryl methyl sites for hydroxylation is 1. The van der Waals surface area contributed by atoms with E-state index >= 15 is 0 Å². The number of fused-ring (bicyclic) bond motifs is 1. The van der Waals surface area contributed by atoms with E-state index in [0.717, 1.165) is 53.5 Å². The SMILES string of the molecule is CCCOc1cccc(C2(c3ccc(OC)c(C)c3)N=CN3CCN=C32)c1. The van der Waals surface area contributed by atoms with Crippen LogP contribution in [0.1, 0.15) is 30.0 Å². The average Bonchev–Trinajstić information content (AvgIpc) is 3.29. The highest BCUT2D eigenvalue weighted by atomic mass is 16.5. The molecule has 1 atom stereocenters. The molecule has 2 aromatic rings. The molecule has 0 saturated heterocycles. The fourth-order valence-corrected chi connectivity index (χ4v) is 3.82. The molecular formula is C22H25N3O2. The highest BCUT2D eigenvalue weighted by Gasteiger charge is 2.47. The van der Waals surface area contributed by atoms with Gasteiger partial charge >= 0.3 is 0 Å². The summed E-state index contributed by atoms with van der Waals surface area (Å²) < 4.78 is 11.3. The Morgan fingerprint density at radius 2 is 2.00 bits per heavy atom. The van der Waals surface area contributed by atoms with Crippen molar-refractivity contribution < 1.29 is 9.47 Å². The molecule has 2 aliphatic heterocycles. The van der Waals surface area contributed by atoms with Gasteiger partial charge in [-0.05, 0) is 54.3 Å². The Balaban J connectivity index is 1.86. The fourth-order valence-electron chi connectivity index (χ4n) is 3.82. The number of hydrogen-bond donors (Lipinski definition) is 0. The molecule has 5 heteroatoms. The van der Waals surface area contributed by atoms with E-state index < -0.39 is 5.54 Å². The first-order valence-corrected chi connectivity index (χ1v) is 9.44. The molecule has 2 aromatic carbocycles.